The highest BCUT2D eigenvalue weighted by atomic mass is 32.2. The molecule has 1 aromatic carbocycles. The Morgan fingerprint density at radius 3 is 2.74 bits per heavy atom. The number of hydrogen-bond acceptors (Lipinski definition) is 7. The Morgan fingerprint density at radius 2 is 2.09 bits per heavy atom. The molecule has 2 aromatic heterocycles. The normalized spacial score (nSPS) is 19.7. The molecule has 12 heteroatoms. The number of hydrogen-bond donors (Lipinski definition) is 1. The van der Waals surface area contributed by atoms with Crippen LogP contribution >= 0.6 is 11.9 Å². The summed E-state index contributed by atoms with van der Waals surface area (Å²) in [4.78, 5) is 13.5. The SMILES string of the molecule is CNC(=O)c1c(C2C=CC(F)=CC2)oc2cc(N(C)SC)c(C3CCCN(S(=O)(=O)c4cn(CC(C)C)nc4C)C3)cc12. The number of carbonyl (C=O) groups excluding carboxylic acids is 1. The largest absolute Gasteiger partial charge is 0.459 e. The van der Waals surface area contributed by atoms with Crippen molar-refractivity contribution < 1.29 is 22.0 Å². The van der Waals surface area contributed by atoms with Gasteiger partial charge >= 0.3 is 0 Å². The third-order valence-corrected chi connectivity index (χ3v) is 10.9. The molecule has 0 spiro atoms. The molecular formula is C31H40FN5O4S2. The van der Waals surface area contributed by atoms with Crippen molar-refractivity contribution in [1.29, 1.82) is 0 Å². The van der Waals surface area contributed by atoms with E-state index in [0.717, 1.165) is 17.7 Å². The highest BCUT2D eigenvalue weighted by Crippen LogP contribution is 2.43. The van der Waals surface area contributed by atoms with Gasteiger partial charge in [-0.2, -0.15) is 9.40 Å². The third kappa shape index (κ3) is 6.14. The first-order valence-corrected chi connectivity index (χ1v) is 17.2. The smallest absolute Gasteiger partial charge is 0.255 e. The molecule has 43 heavy (non-hydrogen) atoms. The van der Waals surface area contributed by atoms with Gasteiger partial charge in [0.25, 0.3) is 5.91 Å². The van der Waals surface area contributed by atoms with Gasteiger partial charge in [0.1, 0.15) is 22.1 Å². The Labute approximate surface area is 257 Å². The topological polar surface area (TPSA) is 101 Å². The van der Waals surface area contributed by atoms with Gasteiger partial charge in [0.05, 0.1) is 16.9 Å². The van der Waals surface area contributed by atoms with E-state index in [1.54, 1.807) is 35.2 Å². The predicted molar refractivity (Wildman–Crippen MR) is 170 cm³/mol. The molecule has 232 valence electrons. The zero-order valence-electron chi connectivity index (χ0n) is 25.6. The van der Waals surface area contributed by atoms with Gasteiger partial charge in [-0.1, -0.05) is 31.9 Å². The fourth-order valence-corrected chi connectivity index (χ4v) is 8.10. The van der Waals surface area contributed by atoms with Gasteiger partial charge in [0.2, 0.25) is 10.0 Å². The fraction of sp³-hybridized carbons (Fsp3) is 0.484. The number of carbonyl (C=O) groups is 1. The second-order valence-corrected chi connectivity index (χ2v) is 14.5. The number of rotatable bonds is 9. The highest BCUT2D eigenvalue weighted by Gasteiger charge is 2.35. The molecule has 3 aromatic rings. The van der Waals surface area contributed by atoms with E-state index in [1.807, 2.05) is 29.7 Å². The summed E-state index contributed by atoms with van der Waals surface area (Å²) in [6.07, 6.45) is 10.1. The minimum atomic E-state index is -3.77. The molecule has 0 bridgehead atoms. The lowest BCUT2D eigenvalue weighted by Gasteiger charge is -2.34. The van der Waals surface area contributed by atoms with Gasteiger partial charge in [-0.05, 0) is 61.8 Å². The van der Waals surface area contributed by atoms with Crippen LogP contribution in [0.1, 0.15) is 72.3 Å². The number of amides is 1. The summed E-state index contributed by atoms with van der Waals surface area (Å²) < 4.78 is 53.2. The third-order valence-electron chi connectivity index (χ3n) is 8.22. The summed E-state index contributed by atoms with van der Waals surface area (Å²) in [5.74, 6) is -0.141. The second-order valence-electron chi connectivity index (χ2n) is 11.7. The molecule has 1 amide bonds. The molecule has 3 heterocycles. The first kappa shape index (κ1) is 31.3. The van der Waals surface area contributed by atoms with E-state index >= 15 is 0 Å². The number of nitrogens with zero attached hydrogens (tertiary/aromatic N) is 4. The van der Waals surface area contributed by atoms with Crippen molar-refractivity contribution in [2.24, 2.45) is 5.92 Å². The quantitative estimate of drug-likeness (QED) is 0.284. The van der Waals surface area contributed by atoms with Crippen LogP contribution in [-0.4, -0.2) is 61.9 Å². The Balaban J connectivity index is 1.57. The van der Waals surface area contributed by atoms with Gasteiger partial charge in [-0.15, -0.1) is 0 Å². The summed E-state index contributed by atoms with van der Waals surface area (Å²) in [6, 6.07) is 3.93. The van der Waals surface area contributed by atoms with E-state index in [-0.39, 0.29) is 28.5 Å². The molecule has 2 atom stereocenters. The molecule has 5 rings (SSSR count). The Morgan fingerprint density at radius 1 is 1.33 bits per heavy atom. The molecule has 2 unspecified atom stereocenters. The number of aromatic nitrogens is 2. The average molecular weight is 630 g/mol. The zero-order chi connectivity index (χ0) is 31.1. The van der Waals surface area contributed by atoms with Crippen LogP contribution in [0.2, 0.25) is 0 Å². The lowest BCUT2D eigenvalue weighted by molar-refractivity contribution is 0.0962. The number of fused-ring (bicyclic) bond motifs is 1. The molecule has 1 N–H and O–H groups in total. The molecular weight excluding hydrogens is 590 g/mol. The van der Waals surface area contributed by atoms with Crippen LogP contribution in [0.4, 0.5) is 10.1 Å². The van der Waals surface area contributed by atoms with Crippen LogP contribution in [0.25, 0.3) is 11.0 Å². The fourth-order valence-electron chi connectivity index (χ4n) is 6.05. The predicted octanol–water partition coefficient (Wildman–Crippen LogP) is 6.13. The summed E-state index contributed by atoms with van der Waals surface area (Å²) in [6.45, 7) is 7.27. The van der Waals surface area contributed by atoms with Gasteiger partial charge < -0.3 is 14.0 Å². The number of piperidine rings is 1. The molecule has 0 radical (unpaired) electrons. The van der Waals surface area contributed by atoms with Gasteiger partial charge in [-0.3, -0.25) is 9.48 Å². The van der Waals surface area contributed by atoms with E-state index in [0.29, 0.717) is 66.4 Å². The zero-order valence-corrected chi connectivity index (χ0v) is 27.2. The van der Waals surface area contributed by atoms with Crippen molar-refractivity contribution >= 4 is 44.5 Å². The maximum atomic E-state index is 13.9. The number of nitrogens with one attached hydrogen (secondary N) is 1. The van der Waals surface area contributed by atoms with Crippen molar-refractivity contribution in [1.82, 2.24) is 19.4 Å². The number of anilines is 1. The maximum Gasteiger partial charge on any atom is 0.255 e. The van der Waals surface area contributed by atoms with Crippen molar-refractivity contribution in [3.05, 3.63) is 65.0 Å². The van der Waals surface area contributed by atoms with E-state index in [2.05, 4.69) is 24.3 Å². The van der Waals surface area contributed by atoms with Crippen molar-refractivity contribution in [3.8, 4) is 0 Å². The van der Waals surface area contributed by atoms with Crippen LogP contribution < -0.4 is 9.62 Å². The van der Waals surface area contributed by atoms with Gasteiger partial charge in [-0.25, -0.2) is 12.8 Å². The molecule has 1 aliphatic heterocycles. The maximum absolute atomic E-state index is 13.9. The van der Waals surface area contributed by atoms with E-state index in [1.165, 1.54) is 24.1 Å². The molecule has 0 saturated carbocycles. The summed E-state index contributed by atoms with van der Waals surface area (Å²) in [7, 11) is -0.230. The van der Waals surface area contributed by atoms with Crippen molar-refractivity contribution in [3.63, 3.8) is 0 Å². The van der Waals surface area contributed by atoms with Crippen LogP contribution in [-0.2, 0) is 16.6 Å². The number of sulfonamides is 1. The summed E-state index contributed by atoms with van der Waals surface area (Å²) >= 11 is 1.54. The highest BCUT2D eigenvalue weighted by molar-refractivity contribution is 7.99. The van der Waals surface area contributed by atoms with Crippen LogP contribution in [0.3, 0.4) is 0 Å². The van der Waals surface area contributed by atoms with Gasteiger partial charge in [0, 0.05) is 63.6 Å². The standard InChI is InChI=1S/C31H40FN5O4S2/c1-19(2)16-36-18-28(20(3)34-36)43(39,40)37-13-7-8-22(17-37)24-14-25-27(15-26(24)35(5)42-6)41-30(29(25)31(38)33-4)21-9-11-23(32)12-10-21/h9,11-12,14-15,18-19,21-22H,7-8,10,13,16-17H2,1-6H3,(H,33,38). The Hall–Kier alpha value is -3.09. The Kier molecular flexibility index (Phi) is 9.10. The number of furan rings is 1. The van der Waals surface area contributed by atoms with Crippen LogP contribution in [0, 0.1) is 12.8 Å². The van der Waals surface area contributed by atoms with Crippen LogP contribution in [0.5, 0.6) is 0 Å². The second kappa shape index (κ2) is 12.5. The van der Waals surface area contributed by atoms with Crippen LogP contribution in [0.15, 0.2) is 51.7 Å². The molecule has 1 saturated heterocycles. The minimum Gasteiger partial charge on any atom is -0.459 e. The summed E-state index contributed by atoms with van der Waals surface area (Å²) in [5, 5.41) is 7.88. The average Bonchev–Trinajstić information content (AvgIpc) is 3.55. The van der Waals surface area contributed by atoms with E-state index in [9.17, 15) is 17.6 Å². The number of allylic oxidation sites excluding steroid dienone is 4. The van der Waals surface area contributed by atoms with Gasteiger partial charge in [0.15, 0.2) is 0 Å². The first-order chi connectivity index (χ1) is 20.4. The first-order valence-electron chi connectivity index (χ1n) is 14.6. The minimum absolute atomic E-state index is 0.106. The van der Waals surface area contributed by atoms with E-state index < -0.39 is 10.0 Å². The molecule has 1 fully saturated rings. The number of benzene rings is 1. The number of aryl methyl sites for hydroxylation is 1. The molecule has 2 aliphatic rings. The van der Waals surface area contributed by atoms with Crippen molar-refractivity contribution in [2.45, 2.75) is 63.3 Å². The van der Waals surface area contributed by atoms with Crippen molar-refractivity contribution in [2.75, 3.05) is 37.7 Å². The monoisotopic (exact) mass is 629 g/mol. The lowest BCUT2D eigenvalue weighted by Crippen LogP contribution is -2.39. The van der Waals surface area contributed by atoms with E-state index in [4.69, 9.17) is 4.42 Å². The summed E-state index contributed by atoms with van der Waals surface area (Å²) in [5.41, 5.74) is 3.35. The lowest BCUT2D eigenvalue weighted by atomic mass is 9.88. The Bertz CT molecular complexity index is 1690. The number of halogens is 1. The molecule has 9 nitrogen and oxygen atoms in total. The molecule has 1 aliphatic carbocycles.